The van der Waals surface area contributed by atoms with Crippen molar-refractivity contribution in [3.63, 3.8) is 0 Å². The third-order valence-corrected chi connectivity index (χ3v) is 4.03. The first-order valence-corrected chi connectivity index (χ1v) is 8.37. The molecule has 1 aliphatic rings. The van der Waals surface area contributed by atoms with E-state index in [4.69, 9.17) is 9.47 Å². The highest BCUT2D eigenvalue weighted by molar-refractivity contribution is 5.72. The molecule has 1 fully saturated rings. The van der Waals surface area contributed by atoms with Crippen molar-refractivity contribution in [2.24, 2.45) is 5.92 Å². The van der Waals surface area contributed by atoms with E-state index in [1.165, 1.54) is 5.56 Å². The summed E-state index contributed by atoms with van der Waals surface area (Å²) in [5.74, 6) is 0.782. The predicted molar refractivity (Wildman–Crippen MR) is 88.3 cm³/mol. The summed E-state index contributed by atoms with van der Waals surface area (Å²) in [6.07, 6.45) is 1.28. The molecule has 1 unspecified atom stereocenters. The van der Waals surface area contributed by atoms with E-state index in [0.29, 0.717) is 13.2 Å². The number of carbonyl (C=O) groups excluding carboxylic acids is 1. The van der Waals surface area contributed by atoms with Crippen molar-refractivity contribution in [1.82, 2.24) is 4.90 Å². The second-order valence-corrected chi connectivity index (χ2v) is 6.11. The highest BCUT2D eigenvalue weighted by Crippen LogP contribution is 2.21. The number of nitrogens with zero attached hydrogens (tertiary/aromatic N) is 1. The van der Waals surface area contributed by atoms with Crippen molar-refractivity contribution in [2.45, 2.75) is 39.3 Å². The van der Waals surface area contributed by atoms with Gasteiger partial charge in [0.1, 0.15) is 12.4 Å². The van der Waals surface area contributed by atoms with Crippen molar-refractivity contribution >= 4 is 5.97 Å². The predicted octanol–water partition coefficient (Wildman–Crippen LogP) is 2.22. The highest BCUT2D eigenvalue weighted by atomic mass is 16.5. The molecule has 1 aromatic carbocycles. The van der Waals surface area contributed by atoms with E-state index in [1.807, 2.05) is 19.1 Å². The molecule has 5 nitrogen and oxygen atoms in total. The van der Waals surface area contributed by atoms with Gasteiger partial charge in [-0.2, -0.15) is 0 Å². The highest BCUT2D eigenvalue weighted by Gasteiger charge is 2.25. The van der Waals surface area contributed by atoms with Crippen LogP contribution in [0.1, 0.15) is 32.3 Å². The van der Waals surface area contributed by atoms with Crippen LogP contribution in [0.25, 0.3) is 0 Å². The molecule has 1 atom stereocenters. The van der Waals surface area contributed by atoms with Crippen LogP contribution in [-0.4, -0.2) is 48.4 Å². The van der Waals surface area contributed by atoms with Gasteiger partial charge in [-0.3, -0.25) is 9.69 Å². The maximum atomic E-state index is 11.7. The lowest BCUT2D eigenvalue weighted by atomic mass is 9.96. The molecule has 0 spiro atoms. The number of hydrogen-bond acceptors (Lipinski definition) is 5. The summed E-state index contributed by atoms with van der Waals surface area (Å²) >= 11 is 0. The largest absolute Gasteiger partial charge is 0.491 e. The van der Waals surface area contributed by atoms with E-state index >= 15 is 0 Å². The lowest BCUT2D eigenvalue weighted by Gasteiger charge is -2.30. The van der Waals surface area contributed by atoms with Crippen LogP contribution < -0.4 is 4.74 Å². The number of ether oxygens (including phenoxy) is 2. The number of carbonyl (C=O) groups is 1. The van der Waals surface area contributed by atoms with Crippen LogP contribution in [0.5, 0.6) is 5.75 Å². The fourth-order valence-corrected chi connectivity index (χ4v) is 2.75. The lowest BCUT2D eigenvalue weighted by molar-refractivity contribution is -0.149. The number of aliphatic hydroxyl groups is 1. The van der Waals surface area contributed by atoms with Crippen LogP contribution in [0.2, 0.25) is 0 Å². The molecule has 2 rings (SSSR count). The number of benzene rings is 1. The van der Waals surface area contributed by atoms with Gasteiger partial charge in [0.05, 0.1) is 18.6 Å². The van der Waals surface area contributed by atoms with Crippen molar-refractivity contribution < 1.29 is 19.4 Å². The lowest BCUT2D eigenvalue weighted by Crippen LogP contribution is -2.36. The molecule has 128 valence electrons. The Balaban J connectivity index is 1.76. The number of likely N-dealkylation sites (tertiary alicyclic amines) is 1. The zero-order valence-corrected chi connectivity index (χ0v) is 14.0. The van der Waals surface area contributed by atoms with Gasteiger partial charge in [-0.15, -0.1) is 0 Å². The fraction of sp³-hybridized carbons (Fsp3) is 0.611. The van der Waals surface area contributed by atoms with Gasteiger partial charge in [0, 0.05) is 6.54 Å². The normalized spacial score (nSPS) is 17.7. The molecule has 5 heteroatoms. The molecule has 1 aromatic rings. The van der Waals surface area contributed by atoms with E-state index in [-0.39, 0.29) is 11.9 Å². The van der Waals surface area contributed by atoms with E-state index in [1.54, 1.807) is 6.92 Å². The Labute approximate surface area is 138 Å². The Kier molecular flexibility index (Phi) is 6.86. The number of rotatable bonds is 7. The molecular formula is C18H27NO4. The maximum Gasteiger partial charge on any atom is 0.309 e. The number of piperidine rings is 1. The molecule has 23 heavy (non-hydrogen) atoms. The average molecular weight is 321 g/mol. The second kappa shape index (κ2) is 8.89. The van der Waals surface area contributed by atoms with Crippen LogP contribution in [0.15, 0.2) is 24.3 Å². The van der Waals surface area contributed by atoms with Crippen molar-refractivity contribution in [1.29, 1.82) is 0 Å². The summed E-state index contributed by atoms with van der Waals surface area (Å²) in [4.78, 5) is 14.1. The molecule has 0 amide bonds. The number of esters is 1. The zero-order valence-electron chi connectivity index (χ0n) is 14.0. The van der Waals surface area contributed by atoms with Gasteiger partial charge >= 0.3 is 5.97 Å². The Morgan fingerprint density at radius 1 is 1.30 bits per heavy atom. The van der Waals surface area contributed by atoms with E-state index in [0.717, 1.165) is 38.2 Å². The summed E-state index contributed by atoms with van der Waals surface area (Å²) in [6, 6.07) is 7.97. The number of aliphatic hydroxyl groups excluding tert-OH is 1. The van der Waals surface area contributed by atoms with Gasteiger partial charge in [0.15, 0.2) is 0 Å². The summed E-state index contributed by atoms with van der Waals surface area (Å²) in [7, 11) is 0. The Morgan fingerprint density at radius 3 is 2.52 bits per heavy atom. The molecule has 0 saturated carbocycles. The molecule has 1 aliphatic heterocycles. The van der Waals surface area contributed by atoms with Crippen LogP contribution in [0, 0.1) is 5.92 Å². The minimum Gasteiger partial charge on any atom is -0.491 e. The van der Waals surface area contributed by atoms with Gasteiger partial charge in [-0.05, 0) is 57.5 Å². The monoisotopic (exact) mass is 321 g/mol. The van der Waals surface area contributed by atoms with Crippen molar-refractivity contribution in [2.75, 3.05) is 26.3 Å². The minimum absolute atomic E-state index is 0.0493. The average Bonchev–Trinajstić information content (AvgIpc) is 2.55. The first-order chi connectivity index (χ1) is 11.1. The van der Waals surface area contributed by atoms with Crippen LogP contribution in [0.3, 0.4) is 0 Å². The Bertz CT molecular complexity index is 478. The smallest absolute Gasteiger partial charge is 0.309 e. The molecule has 0 aromatic heterocycles. The number of hydrogen-bond donors (Lipinski definition) is 1. The topological polar surface area (TPSA) is 59.0 Å². The SMILES string of the molecule is CCOC(=O)C1CCN(Cc2ccc(OCC(C)O)cc2)CC1. The van der Waals surface area contributed by atoms with Gasteiger partial charge in [-0.25, -0.2) is 0 Å². The Hall–Kier alpha value is -1.59. The molecule has 1 saturated heterocycles. The van der Waals surface area contributed by atoms with E-state index in [9.17, 15) is 9.90 Å². The third kappa shape index (κ3) is 5.84. The van der Waals surface area contributed by atoms with Crippen molar-refractivity contribution in [3.8, 4) is 5.75 Å². The van der Waals surface area contributed by atoms with E-state index < -0.39 is 6.10 Å². The maximum absolute atomic E-state index is 11.7. The van der Waals surface area contributed by atoms with Gasteiger partial charge < -0.3 is 14.6 Å². The molecular weight excluding hydrogens is 294 g/mol. The van der Waals surface area contributed by atoms with Crippen LogP contribution in [0.4, 0.5) is 0 Å². The van der Waals surface area contributed by atoms with Gasteiger partial charge in [-0.1, -0.05) is 12.1 Å². The molecule has 0 aliphatic carbocycles. The van der Waals surface area contributed by atoms with Gasteiger partial charge in [0.25, 0.3) is 0 Å². The summed E-state index contributed by atoms with van der Waals surface area (Å²) in [5, 5.41) is 9.21. The first kappa shape index (κ1) is 17.8. The third-order valence-electron chi connectivity index (χ3n) is 4.03. The van der Waals surface area contributed by atoms with E-state index in [2.05, 4.69) is 17.0 Å². The first-order valence-electron chi connectivity index (χ1n) is 8.37. The molecule has 0 bridgehead atoms. The molecule has 1 N–H and O–H groups in total. The van der Waals surface area contributed by atoms with Crippen molar-refractivity contribution in [3.05, 3.63) is 29.8 Å². The van der Waals surface area contributed by atoms with Crippen LogP contribution in [-0.2, 0) is 16.1 Å². The molecule has 0 radical (unpaired) electrons. The molecule has 1 heterocycles. The minimum atomic E-state index is -0.463. The standard InChI is InChI=1S/C18H27NO4/c1-3-22-18(21)16-8-10-19(11-9-16)12-15-4-6-17(7-5-15)23-13-14(2)20/h4-7,14,16,20H,3,8-13H2,1-2H3. The summed E-state index contributed by atoms with van der Waals surface area (Å²) < 4.78 is 10.6. The second-order valence-electron chi connectivity index (χ2n) is 6.11. The Morgan fingerprint density at radius 2 is 1.96 bits per heavy atom. The van der Waals surface area contributed by atoms with Crippen LogP contribution >= 0.6 is 0 Å². The summed E-state index contributed by atoms with van der Waals surface area (Å²) in [5.41, 5.74) is 1.23. The fourth-order valence-electron chi connectivity index (χ4n) is 2.75. The zero-order chi connectivity index (χ0) is 16.7. The summed E-state index contributed by atoms with van der Waals surface area (Å²) in [6.45, 7) is 7.04. The van der Waals surface area contributed by atoms with Gasteiger partial charge in [0.2, 0.25) is 0 Å². The quantitative estimate of drug-likeness (QED) is 0.780.